The second-order valence-electron chi connectivity index (χ2n) is 5.15. The third-order valence-electron chi connectivity index (χ3n) is 3.25. The van der Waals surface area contributed by atoms with Crippen LogP contribution in [0.3, 0.4) is 0 Å². The highest BCUT2D eigenvalue weighted by Crippen LogP contribution is 2.13. The molecular formula is C17H16BrFN2O2. The summed E-state index contributed by atoms with van der Waals surface area (Å²) in [6.07, 6.45) is 0.0874. The van der Waals surface area contributed by atoms with Crippen molar-refractivity contribution >= 4 is 27.7 Å². The molecule has 2 amide bonds. The summed E-state index contributed by atoms with van der Waals surface area (Å²) >= 11 is 3.35. The Labute approximate surface area is 142 Å². The van der Waals surface area contributed by atoms with Crippen LogP contribution in [0, 0.1) is 5.82 Å². The van der Waals surface area contributed by atoms with E-state index < -0.39 is 5.91 Å². The SMILES string of the molecule is NC(=O)CN(Cc1ccc(Br)cc1)C(=O)Cc1ccc(F)cc1. The lowest BCUT2D eigenvalue weighted by atomic mass is 10.1. The quantitative estimate of drug-likeness (QED) is 0.839. The van der Waals surface area contributed by atoms with E-state index in [4.69, 9.17) is 5.73 Å². The number of benzene rings is 2. The van der Waals surface area contributed by atoms with Crippen molar-refractivity contribution in [3.63, 3.8) is 0 Å². The molecule has 0 aliphatic carbocycles. The molecule has 4 nitrogen and oxygen atoms in total. The van der Waals surface area contributed by atoms with Gasteiger partial charge in [-0.3, -0.25) is 9.59 Å². The average molecular weight is 379 g/mol. The number of rotatable bonds is 6. The highest BCUT2D eigenvalue weighted by Gasteiger charge is 2.17. The minimum atomic E-state index is -0.574. The van der Waals surface area contributed by atoms with Crippen molar-refractivity contribution < 1.29 is 14.0 Å². The Hall–Kier alpha value is -2.21. The molecule has 0 unspecified atom stereocenters. The molecular weight excluding hydrogens is 363 g/mol. The standard InChI is InChI=1S/C17H16BrFN2O2/c18-14-5-1-13(2-6-14)10-21(11-16(20)22)17(23)9-12-3-7-15(19)8-4-12/h1-8H,9-11H2,(H2,20,22). The van der Waals surface area contributed by atoms with Crippen LogP contribution in [0.2, 0.25) is 0 Å². The topological polar surface area (TPSA) is 63.4 Å². The second-order valence-corrected chi connectivity index (χ2v) is 6.06. The molecule has 2 aromatic carbocycles. The molecule has 0 atom stereocenters. The lowest BCUT2D eigenvalue weighted by molar-refractivity contribution is -0.135. The van der Waals surface area contributed by atoms with Crippen molar-refractivity contribution in [3.8, 4) is 0 Å². The van der Waals surface area contributed by atoms with Gasteiger partial charge in [0.1, 0.15) is 5.82 Å². The molecule has 2 aromatic rings. The number of carbonyl (C=O) groups is 2. The first-order valence-corrected chi connectivity index (χ1v) is 7.78. The molecule has 6 heteroatoms. The lowest BCUT2D eigenvalue weighted by Crippen LogP contribution is -2.38. The van der Waals surface area contributed by atoms with Gasteiger partial charge in [0.15, 0.2) is 0 Å². The highest BCUT2D eigenvalue weighted by molar-refractivity contribution is 9.10. The summed E-state index contributed by atoms with van der Waals surface area (Å²) in [5.41, 5.74) is 6.81. The normalized spacial score (nSPS) is 10.3. The molecule has 23 heavy (non-hydrogen) atoms. The van der Waals surface area contributed by atoms with Crippen molar-refractivity contribution in [2.24, 2.45) is 5.73 Å². The largest absolute Gasteiger partial charge is 0.368 e. The van der Waals surface area contributed by atoms with Gasteiger partial charge in [0, 0.05) is 11.0 Å². The third-order valence-corrected chi connectivity index (χ3v) is 3.78. The van der Waals surface area contributed by atoms with Crippen molar-refractivity contribution in [1.82, 2.24) is 4.90 Å². The zero-order chi connectivity index (χ0) is 16.8. The summed E-state index contributed by atoms with van der Waals surface area (Å²) in [6, 6.07) is 13.2. The van der Waals surface area contributed by atoms with Gasteiger partial charge in [-0.2, -0.15) is 0 Å². The first-order chi connectivity index (χ1) is 10.9. The summed E-state index contributed by atoms with van der Waals surface area (Å²) in [5, 5.41) is 0. The van der Waals surface area contributed by atoms with Crippen molar-refractivity contribution in [2.75, 3.05) is 6.54 Å². The molecule has 0 saturated heterocycles. The Kier molecular flexibility index (Phi) is 5.87. The van der Waals surface area contributed by atoms with Crippen molar-refractivity contribution in [1.29, 1.82) is 0 Å². The van der Waals surface area contributed by atoms with Crippen LogP contribution in [-0.2, 0) is 22.6 Å². The predicted molar refractivity (Wildman–Crippen MR) is 88.9 cm³/mol. The fraction of sp³-hybridized carbons (Fsp3) is 0.176. The van der Waals surface area contributed by atoms with Gasteiger partial charge < -0.3 is 10.6 Å². The number of primary amides is 1. The Balaban J connectivity index is 2.09. The van der Waals surface area contributed by atoms with Crippen LogP contribution in [0.1, 0.15) is 11.1 Å². The molecule has 0 saturated carbocycles. The Morgan fingerprint density at radius 2 is 1.57 bits per heavy atom. The molecule has 2 rings (SSSR count). The highest BCUT2D eigenvalue weighted by atomic mass is 79.9. The summed E-state index contributed by atoms with van der Waals surface area (Å²) in [4.78, 5) is 25.0. The monoisotopic (exact) mass is 378 g/mol. The maximum atomic E-state index is 12.9. The van der Waals surface area contributed by atoms with Crippen LogP contribution >= 0.6 is 15.9 Å². The van der Waals surface area contributed by atoms with Crippen LogP contribution in [0.15, 0.2) is 53.0 Å². The van der Waals surface area contributed by atoms with Crippen LogP contribution in [-0.4, -0.2) is 23.3 Å². The average Bonchev–Trinajstić information content (AvgIpc) is 2.50. The first kappa shape index (κ1) is 17.1. The van der Waals surface area contributed by atoms with Gasteiger partial charge in [0.25, 0.3) is 0 Å². The summed E-state index contributed by atoms with van der Waals surface area (Å²) in [7, 11) is 0. The van der Waals surface area contributed by atoms with Gasteiger partial charge in [0.05, 0.1) is 13.0 Å². The molecule has 120 valence electrons. The van der Waals surface area contributed by atoms with Crippen molar-refractivity contribution in [3.05, 3.63) is 69.9 Å². The maximum absolute atomic E-state index is 12.9. The minimum absolute atomic E-state index is 0.0874. The fourth-order valence-corrected chi connectivity index (χ4v) is 2.38. The number of nitrogens with two attached hydrogens (primary N) is 1. The van der Waals surface area contributed by atoms with E-state index in [0.717, 1.165) is 10.0 Å². The Morgan fingerprint density at radius 1 is 1.00 bits per heavy atom. The van der Waals surface area contributed by atoms with Gasteiger partial charge in [-0.25, -0.2) is 4.39 Å². The van der Waals surface area contributed by atoms with Crippen molar-refractivity contribution in [2.45, 2.75) is 13.0 Å². The molecule has 0 bridgehead atoms. The van der Waals surface area contributed by atoms with E-state index >= 15 is 0 Å². The van der Waals surface area contributed by atoms with Crippen LogP contribution in [0.4, 0.5) is 4.39 Å². The number of halogens is 2. The van der Waals surface area contributed by atoms with Gasteiger partial charge in [-0.05, 0) is 35.4 Å². The minimum Gasteiger partial charge on any atom is -0.368 e. The van der Waals surface area contributed by atoms with Crippen LogP contribution < -0.4 is 5.73 Å². The number of hydrogen-bond donors (Lipinski definition) is 1. The molecule has 0 aliphatic heterocycles. The molecule has 2 N–H and O–H groups in total. The van der Waals surface area contributed by atoms with Crippen LogP contribution in [0.5, 0.6) is 0 Å². The van der Waals surface area contributed by atoms with E-state index in [9.17, 15) is 14.0 Å². The molecule has 0 aliphatic rings. The molecule has 0 heterocycles. The number of carbonyl (C=O) groups excluding carboxylic acids is 2. The number of hydrogen-bond acceptors (Lipinski definition) is 2. The summed E-state index contributed by atoms with van der Waals surface area (Å²) in [6.45, 7) is 0.131. The van der Waals surface area contributed by atoms with Gasteiger partial charge in [-0.15, -0.1) is 0 Å². The zero-order valence-electron chi connectivity index (χ0n) is 12.3. The van der Waals surface area contributed by atoms with E-state index in [1.165, 1.54) is 17.0 Å². The first-order valence-electron chi connectivity index (χ1n) is 6.99. The molecule has 0 spiro atoms. The third kappa shape index (κ3) is 5.49. The fourth-order valence-electron chi connectivity index (χ4n) is 2.12. The smallest absolute Gasteiger partial charge is 0.237 e. The van der Waals surface area contributed by atoms with E-state index in [0.29, 0.717) is 5.56 Å². The molecule has 0 radical (unpaired) electrons. The number of nitrogens with zero attached hydrogens (tertiary/aromatic N) is 1. The van der Waals surface area contributed by atoms with Gasteiger partial charge in [-0.1, -0.05) is 40.2 Å². The van der Waals surface area contributed by atoms with E-state index in [-0.39, 0.29) is 31.2 Å². The summed E-state index contributed by atoms with van der Waals surface area (Å²) < 4.78 is 13.8. The second kappa shape index (κ2) is 7.87. The maximum Gasteiger partial charge on any atom is 0.237 e. The molecule has 0 fully saturated rings. The summed E-state index contributed by atoms with van der Waals surface area (Å²) in [5.74, 6) is -1.17. The Morgan fingerprint density at radius 3 is 2.13 bits per heavy atom. The van der Waals surface area contributed by atoms with Crippen LogP contribution in [0.25, 0.3) is 0 Å². The van der Waals surface area contributed by atoms with E-state index in [1.54, 1.807) is 12.1 Å². The van der Waals surface area contributed by atoms with E-state index in [2.05, 4.69) is 15.9 Å². The predicted octanol–water partition coefficient (Wildman–Crippen LogP) is 2.64. The molecule has 0 aromatic heterocycles. The van der Waals surface area contributed by atoms with Gasteiger partial charge in [0.2, 0.25) is 11.8 Å². The van der Waals surface area contributed by atoms with Gasteiger partial charge >= 0.3 is 0 Å². The Bertz CT molecular complexity index is 687. The lowest BCUT2D eigenvalue weighted by Gasteiger charge is -2.21. The zero-order valence-corrected chi connectivity index (χ0v) is 13.9. The number of amides is 2. The van der Waals surface area contributed by atoms with E-state index in [1.807, 2.05) is 24.3 Å².